The van der Waals surface area contributed by atoms with E-state index in [2.05, 4.69) is 11.4 Å². The van der Waals surface area contributed by atoms with Crippen LogP contribution in [-0.4, -0.2) is 39.5 Å². The van der Waals surface area contributed by atoms with Gasteiger partial charge in [-0.05, 0) is 97.5 Å². The number of fused-ring (bicyclic) bond motifs is 1. The number of thiophene rings is 1. The summed E-state index contributed by atoms with van der Waals surface area (Å²) in [6.45, 7) is 4.24. The third-order valence-corrected chi connectivity index (χ3v) is 10.8. The van der Waals surface area contributed by atoms with Crippen molar-refractivity contribution in [3.63, 3.8) is 0 Å². The Balaban J connectivity index is 1.49. The van der Waals surface area contributed by atoms with E-state index in [1.54, 1.807) is 19.1 Å². The minimum atomic E-state index is -3.32. The summed E-state index contributed by atoms with van der Waals surface area (Å²) in [4.78, 5) is 12.3. The lowest BCUT2D eigenvalue weighted by molar-refractivity contribution is 0.144. The highest BCUT2D eigenvalue weighted by Gasteiger charge is 2.32. The van der Waals surface area contributed by atoms with Crippen molar-refractivity contribution in [1.82, 2.24) is 5.32 Å². The van der Waals surface area contributed by atoms with Gasteiger partial charge in [0, 0.05) is 12.0 Å². The molecule has 1 heterocycles. The van der Waals surface area contributed by atoms with E-state index >= 15 is 0 Å². The quantitative estimate of drug-likeness (QED) is 0.255. The second-order valence-corrected chi connectivity index (χ2v) is 13.5. The molecular weight excluding hydrogens is 565 g/mol. The molecule has 3 aromatic rings. The topological polar surface area (TPSA) is 81.7 Å². The van der Waals surface area contributed by atoms with Crippen LogP contribution in [0.5, 0.6) is 5.75 Å². The molecule has 2 aromatic carbocycles. The Morgan fingerprint density at radius 3 is 2.66 bits per heavy atom. The summed E-state index contributed by atoms with van der Waals surface area (Å²) in [6, 6.07) is 13.1. The molecule has 204 valence electrons. The van der Waals surface area contributed by atoms with Crippen LogP contribution in [0.2, 0.25) is 10.0 Å². The smallest absolute Gasteiger partial charge is 0.407 e. The van der Waals surface area contributed by atoms with Crippen LogP contribution in [0.15, 0.2) is 52.1 Å². The summed E-state index contributed by atoms with van der Waals surface area (Å²) >= 11 is 13.7. The Morgan fingerprint density at radius 2 is 1.95 bits per heavy atom. The first kappa shape index (κ1) is 28.7. The highest BCUT2D eigenvalue weighted by molar-refractivity contribution is 7.93. The van der Waals surface area contributed by atoms with Gasteiger partial charge in [-0.3, -0.25) is 0 Å². The van der Waals surface area contributed by atoms with Crippen LogP contribution in [0.25, 0.3) is 0 Å². The molecule has 0 radical (unpaired) electrons. The molecule has 1 amide bonds. The van der Waals surface area contributed by atoms with Crippen molar-refractivity contribution in [2.75, 3.05) is 19.0 Å². The third kappa shape index (κ3) is 7.23. The van der Waals surface area contributed by atoms with Crippen LogP contribution in [0.4, 0.5) is 4.79 Å². The molecular formula is C28H31Cl2NO5S2. The standard InChI is InChI=1S/C28H31Cl2NO5S2/c1-3-35-28(32)31-26-10-7-20-6-8-21(36-11-4-12-38(33,34)27-13-18(2)17-37-27)16-22(20)23(26)14-19-5-9-24(29)25(30)15-19/h5-6,8-9,13,15-17,23,26H,3-4,7,10-12,14H2,1-2H3,(H,31,32). The Kier molecular flexibility index (Phi) is 9.63. The minimum absolute atomic E-state index is 0.0311. The molecule has 0 fully saturated rings. The van der Waals surface area contributed by atoms with Crippen LogP contribution in [0.1, 0.15) is 47.9 Å². The number of benzene rings is 2. The zero-order chi connectivity index (χ0) is 27.3. The van der Waals surface area contributed by atoms with E-state index in [1.165, 1.54) is 16.9 Å². The third-order valence-electron chi connectivity index (χ3n) is 6.58. The summed E-state index contributed by atoms with van der Waals surface area (Å²) in [5.74, 6) is 0.666. The zero-order valence-electron chi connectivity index (χ0n) is 21.3. The zero-order valence-corrected chi connectivity index (χ0v) is 24.5. The number of alkyl carbamates (subject to hydrolysis) is 1. The largest absolute Gasteiger partial charge is 0.494 e. The average molecular weight is 597 g/mol. The molecule has 0 saturated carbocycles. The normalized spacial score (nSPS) is 17.1. The van der Waals surface area contributed by atoms with Gasteiger partial charge in [0.2, 0.25) is 0 Å². The number of rotatable bonds is 10. The molecule has 1 N–H and O–H groups in total. The molecule has 0 saturated heterocycles. The molecule has 2 unspecified atom stereocenters. The fourth-order valence-electron chi connectivity index (χ4n) is 4.74. The number of carbonyl (C=O) groups excluding carboxylic acids is 1. The number of sulfone groups is 1. The van der Waals surface area contributed by atoms with Crippen LogP contribution in [-0.2, 0) is 27.4 Å². The van der Waals surface area contributed by atoms with Crippen molar-refractivity contribution < 1.29 is 22.7 Å². The number of carbonyl (C=O) groups is 1. The van der Waals surface area contributed by atoms with E-state index in [0.29, 0.717) is 39.5 Å². The number of ether oxygens (including phenoxy) is 2. The summed E-state index contributed by atoms with van der Waals surface area (Å²) < 4.78 is 36.7. The van der Waals surface area contributed by atoms with Gasteiger partial charge in [-0.25, -0.2) is 13.2 Å². The van der Waals surface area contributed by atoms with Crippen molar-refractivity contribution in [3.8, 4) is 5.75 Å². The summed E-state index contributed by atoms with van der Waals surface area (Å²) in [7, 11) is -3.32. The number of hydrogen-bond acceptors (Lipinski definition) is 6. The highest BCUT2D eigenvalue weighted by Crippen LogP contribution is 2.37. The fraction of sp³-hybridized carbons (Fsp3) is 0.393. The molecule has 38 heavy (non-hydrogen) atoms. The Bertz CT molecular complexity index is 1390. The number of hydrogen-bond donors (Lipinski definition) is 1. The van der Waals surface area contributed by atoms with Gasteiger partial charge in [-0.2, -0.15) is 0 Å². The molecule has 1 aromatic heterocycles. The predicted molar refractivity (Wildman–Crippen MR) is 153 cm³/mol. The fourth-order valence-corrected chi connectivity index (χ4v) is 7.73. The maximum atomic E-state index is 12.6. The second-order valence-electron chi connectivity index (χ2n) is 9.39. The van der Waals surface area contributed by atoms with E-state index in [-0.39, 0.29) is 24.3 Å². The number of nitrogens with one attached hydrogen (secondary N) is 1. The first-order valence-electron chi connectivity index (χ1n) is 12.6. The summed E-state index contributed by atoms with van der Waals surface area (Å²) in [5.41, 5.74) is 4.24. The SMILES string of the molecule is CCOC(=O)NC1CCc2ccc(OCCCS(=O)(=O)c3cc(C)cs3)cc2C1Cc1ccc(Cl)c(Cl)c1. The lowest BCUT2D eigenvalue weighted by atomic mass is 9.76. The first-order valence-corrected chi connectivity index (χ1v) is 15.9. The number of amides is 1. The van der Waals surface area contributed by atoms with E-state index < -0.39 is 15.9 Å². The Morgan fingerprint density at radius 1 is 1.13 bits per heavy atom. The van der Waals surface area contributed by atoms with Crippen molar-refractivity contribution in [2.45, 2.75) is 55.7 Å². The second kappa shape index (κ2) is 12.7. The molecule has 1 aliphatic rings. The van der Waals surface area contributed by atoms with Gasteiger partial charge in [0.05, 0.1) is 29.0 Å². The van der Waals surface area contributed by atoms with Crippen LogP contribution in [0, 0.1) is 6.92 Å². The van der Waals surface area contributed by atoms with Gasteiger partial charge >= 0.3 is 6.09 Å². The van der Waals surface area contributed by atoms with Gasteiger partial charge in [0.1, 0.15) is 9.96 Å². The predicted octanol–water partition coefficient (Wildman–Crippen LogP) is 6.99. The molecule has 0 aliphatic heterocycles. The van der Waals surface area contributed by atoms with E-state index in [0.717, 1.165) is 29.5 Å². The maximum absolute atomic E-state index is 12.6. The number of halogens is 2. The van der Waals surface area contributed by atoms with Crippen LogP contribution < -0.4 is 10.1 Å². The Hall–Kier alpha value is -2.26. The monoisotopic (exact) mass is 595 g/mol. The Labute approximate surface area is 238 Å². The van der Waals surface area contributed by atoms with E-state index in [9.17, 15) is 13.2 Å². The molecule has 0 spiro atoms. The highest BCUT2D eigenvalue weighted by atomic mass is 35.5. The van der Waals surface area contributed by atoms with Crippen LogP contribution in [0.3, 0.4) is 0 Å². The molecule has 1 aliphatic carbocycles. The molecule has 6 nitrogen and oxygen atoms in total. The van der Waals surface area contributed by atoms with Gasteiger partial charge < -0.3 is 14.8 Å². The van der Waals surface area contributed by atoms with Crippen molar-refractivity contribution >= 4 is 50.5 Å². The summed E-state index contributed by atoms with van der Waals surface area (Å²) in [6.07, 6.45) is 2.18. The van der Waals surface area contributed by atoms with Gasteiger partial charge in [-0.1, -0.05) is 35.3 Å². The van der Waals surface area contributed by atoms with Gasteiger partial charge in [0.25, 0.3) is 0 Å². The van der Waals surface area contributed by atoms with Gasteiger partial charge in [-0.15, -0.1) is 11.3 Å². The first-order chi connectivity index (χ1) is 18.2. The number of aryl methyl sites for hydroxylation is 2. The molecule has 2 atom stereocenters. The van der Waals surface area contributed by atoms with Crippen molar-refractivity contribution in [2.24, 2.45) is 0 Å². The van der Waals surface area contributed by atoms with Crippen LogP contribution >= 0.6 is 34.5 Å². The van der Waals surface area contributed by atoms with Gasteiger partial charge in [0.15, 0.2) is 9.84 Å². The molecule has 10 heteroatoms. The lowest BCUT2D eigenvalue weighted by Crippen LogP contribution is -2.43. The molecule has 0 bridgehead atoms. The van der Waals surface area contributed by atoms with Crippen molar-refractivity contribution in [3.05, 3.63) is 80.1 Å². The lowest BCUT2D eigenvalue weighted by Gasteiger charge is -2.34. The maximum Gasteiger partial charge on any atom is 0.407 e. The average Bonchev–Trinajstić information content (AvgIpc) is 3.33. The van der Waals surface area contributed by atoms with E-state index in [4.69, 9.17) is 32.7 Å². The van der Waals surface area contributed by atoms with Crippen molar-refractivity contribution in [1.29, 1.82) is 0 Å². The summed E-state index contributed by atoms with van der Waals surface area (Å²) in [5, 5.41) is 5.86. The van der Waals surface area contributed by atoms with E-state index in [1.807, 2.05) is 36.6 Å². The molecule has 4 rings (SSSR count). The minimum Gasteiger partial charge on any atom is -0.494 e.